The van der Waals surface area contributed by atoms with Crippen LogP contribution in [0.25, 0.3) is 10.4 Å². The maximum atomic E-state index is 13.1. The molecule has 1 aliphatic carbocycles. The number of thiophene rings is 1. The molecule has 0 radical (unpaired) electrons. The maximum absolute atomic E-state index is 13.1. The Morgan fingerprint density at radius 1 is 0.903 bits per heavy atom. The van der Waals surface area contributed by atoms with Crippen LogP contribution in [0.3, 0.4) is 0 Å². The number of likely N-dealkylation sites (tertiary alicyclic amines) is 1. The van der Waals surface area contributed by atoms with Gasteiger partial charge in [0.05, 0.1) is 4.88 Å². The minimum Gasteiger partial charge on any atom is -0.330 e. The summed E-state index contributed by atoms with van der Waals surface area (Å²) in [5.74, 6) is -0.997. The van der Waals surface area contributed by atoms with Crippen LogP contribution in [-0.4, -0.2) is 35.2 Å². The van der Waals surface area contributed by atoms with E-state index < -0.39 is 11.9 Å². The van der Waals surface area contributed by atoms with Crippen LogP contribution in [0, 0.1) is 11.7 Å². The van der Waals surface area contributed by atoms with E-state index in [4.69, 9.17) is 0 Å². The van der Waals surface area contributed by atoms with Gasteiger partial charge in [0.2, 0.25) is 5.91 Å². The predicted molar refractivity (Wildman–Crippen MR) is 117 cm³/mol. The van der Waals surface area contributed by atoms with Gasteiger partial charge in [-0.1, -0.05) is 31.4 Å². The van der Waals surface area contributed by atoms with Crippen LogP contribution in [0.1, 0.15) is 54.6 Å². The largest absolute Gasteiger partial charge is 0.330 e. The summed E-state index contributed by atoms with van der Waals surface area (Å²) in [5.41, 5.74) is 5.77. The molecule has 1 aliphatic heterocycles. The molecule has 1 saturated heterocycles. The highest BCUT2D eigenvalue weighted by Gasteiger charge is 2.37. The van der Waals surface area contributed by atoms with Gasteiger partial charge in [-0.25, -0.2) is 4.39 Å². The molecule has 6 nitrogen and oxygen atoms in total. The second-order valence-electron chi connectivity index (χ2n) is 8.14. The number of nitrogens with zero attached hydrogens (tertiary/aromatic N) is 1. The monoisotopic (exact) mass is 443 g/mol. The standard InChI is InChI=1S/C23H26FN3O3S/c24-17-10-8-15(9-11-17)19-12-13-20(31-19)22(29)26-25-21(28)18-7-4-14-27(18)23(30)16-5-2-1-3-6-16/h8-13,16,18H,1-7,14H2,(H,25,28)(H,26,29). The summed E-state index contributed by atoms with van der Waals surface area (Å²) in [5, 5.41) is 0. The van der Waals surface area contributed by atoms with Gasteiger partial charge in [-0.05, 0) is 55.5 Å². The Bertz CT molecular complexity index is 953. The molecule has 3 amide bonds. The summed E-state index contributed by atoms with van der Waals surface area (Å²) in [6, 6.07) is 8.97. The van der Waals surface area contributed by atoms with Gasteiger partial charge in [0.1, 0.15) is 11.9 Å². The van der Waals surface area contributed by atoms with E-state index in [9.17, 15) is 18.8 Å². The number of hydrogen-bond donors (Lipinski definition) is 2. The van der Waals surface area contributed by atoms with E-state index >= 15 is 0 Å². The number of hydrazine groups is 1. The molecule has 1 saturated carbocycles. The van der Waals surface area contributed by atoms with Crippen molar-refractivity contribution in [2.45, 2.75) is 51.0 Å². The predicted octanol–water partition coefficient (Wildman–Crippen LogP) is 3.89. The lowest BCUT2D eigenvalue weighted by molar-refractivity contribution is -0.142. The third-order valence-corrected chi connectivity index (χ3v) is 7.18. The van der Waals surface area contributed by atoms with Crippen molar-refractivity contribution in [1.29, 1.82) is 0 Å². The van der Waals surface area contributed by atoms with E-state index in [-0.39, 0.29) is 23.5 Å². The molecule has 1 atom stereocenters. The van der Waals surface area contributed by atoms with Gasteiger partial charge in [0.25, 0.3) is 11.8 Å². The second-order valence-corrected chi connectivity index (χ2v) is 9.22. The van der Waals surface area contributed by atoms with Crippen LogP contribution in [0.15, 0.2) is 36.4 Å². The van der Waals surface area contributed by atoms with E-state index in [1.165, 1.54) is 29.9 Å². The number of rotatable bonds is 4. The van der Waals surface area contributed by atoms with Gasteiger partial charge >= 0.3 is 0 Å². The van der Waals surface area contributed by atoms with Crippen molar-refractivity contribution in [1.82, 2.24) is 15.8 Å². The van der Waals surface area contributed by atoms with E-state index in [1.54, 1.807) is 29.2 Å². The zero-order chi connectivity index (χ0) is 21.8. The molecular formula is C23H26FN3O3S. The summed E-state index contributed by atoms with van der Waals surface area (Å²) < 4.78 is 13.1. The fraction of sp³-hybridized carbons (Fsp3) is 0.435. The zero-order valence-corrected chi connectivity index (χ0v) is 18.1. The minimum atomic E-state index is -0.534. The van der Waals surface area contributed by atoms with E-state index in [2.05, 4.69) is 10.9 Å². The average molecular weight is 444 g/mol. The van der Waals surface area contributed by atoms with Crippen LogP contribution < -0.4 is 10.9 Å². The summed E-state index contributed by atoms with van der Waals surface area (Å²) in [6.45, 7) is 0.591. The molecule has 2 aromatic rings. The summed E-state index contributed by atoms with van der Waals surface area (Å²) in [4.78, 5) is 41.0. The van der Waals surface area contributed by atoms with Crippen LogP contribution in [0.2, 0.25) is 0 Å². The molecule has 2 fully saturated rings. The first-order valence-electron chi connectivity index (χ1n) is 10.8. The number of hydrogen-bond acceptors (Lipinski definition) is 4. The Morgan fingerprint density at radius 3 is 2.39 bits per heavy atom. The van der Waals surface area contributed by atoms with Gasteiger partial charge in [0.15, 0.2) is 0 Å². The van der Waals surface area contributed by atoms with Gasteiger partial charge in [0, 0.05) is 17.3 Å². The maximum Gasteiger partial charge on any atom is 0.279 e. The van der Waals surface area contributed by atoms with E-state index in [1.807, 2.05) is 0 Å². The molecule has 4 rings (SSSR count). The van der Waals surface area contributed by atoms with Gasteiger partial charge in [-0.15, -0.1) is 11.3 Å². The van der Waals surface area contributed by atoms with Crippen LogP contribution in [-0.2, 0) is 9.59 Å². The normalized spacial score (nSPS) is 19.3. The first-order valence-corrected chi connectivity index (χ1v) is 11.6. The van der Waals surface area contributed by atoms with Crippen molar-refractivity contribution in [2.24, 2.45) is 5.92 Å². The van der Waals surface area contributed by atoms with E-state index in [0.717, 1.165) is 42.5 Å². The second kappa shape index (κ2) is 9.60. The Balaban J connectivity index is 1.33. The third kappa shape index (κ3) is 4.95. The highest BCUT2D eigenvalue weighted by atomic mass is 32.1. The Labute approximate surface area is 184 Å². The smallest absolute Gasteiger partial charge is 0.279 e. The molecule has 31 heavy (non-hydrogen) atoms. The number of carbonyl (C=O) groups excluding carboxylic acids is 3. The SMILES string of the molecule is O=C(NNC(=O)C1CCCN1C(=O)C1CCCCC1)c1ccc(-c2ccc(F)cc2)s1. The Morgan fingerprint density at radius 2 is 1.65 bits per heavy atom. The lowest BCUT2D eigenvalue weighted by atomic mass is 9.88. The lowest BCUT2D eigenvalue weighted by Crippen LogP contribution is -2.52. The first kappa shape index (κ1) is 21.5. The van der Waals surface area contributed by atoms with Crippen LogP contribution >= 0.6 is 11.3 Å². The number of nitrogens with one attached hydrogen (secondary N) is 2. The number of amides is 3. The van der Waals surface area contributed by atoms with Crippen molar-refractivity contribution in [3.63, 3.8) is 0 Å². The zero-order valence-electron chi connectivity index (χ0n) is 17.2. The average Bonchev–Trinajstić information content (AvgIpc) is 3.48. The van der Waals surface area contributed by atoms with E-state index in [0.29, 0.717) is 17.8 Å². The van der Waals surface area contributed by atoms with Crippen molar-refractivity contribution in [3.05, 3.63) is 47.1 Å². The molecule has 0 spiro atoms. The Kier molecular flexibility index (Phi) is 6.65. The van der Waals surface area contributed by atoms with Crippen LogP contribution in [0.5, 0.6) is 0 Å². The molecular weight excluding hydrogens is 417 g/mol. The summed E-state index contributed by atoms with van der Waals surface area (Å²) in [7, 11) is 0. The molecule has 2 heterocycles. The summed E-state index contributed by atoms with van der Waals surface area (Å²) >= 11 is 1.26. The number of benzene rings is 1. The van der Waals surface area contributed by atoms with Crippen molar-refractivity contribution in [2.75, 3.05) is 6.54 Å². The molecule has 164 valence electrons. The molecule has 1 aromatic carbocycles. The highest BCUT2D eigenvalue weighted by molar-refractivity contribution is 7.17. The highest BCUT2D eigenvalue weighted by Crippen LogP contribution is 2.29. The number of halogens is 1. The lowest BCUT2D eigenvalue weighted by Gasteiger charge is -2.30. The van der Waals surface area contributed by atoms with Gasteiger partial charge in [-0.2, -0.15) is 0 Å². The molecule has 2 aliphatic rings. The fourth-order valence-electron chi connectivity index (χ4n) is 4.38. The number of carbonyl (C=O) groups is 3. The van der Waals surface area contributed by atoms with Crippen LogP contribution in [0.4, 0.5) is 4.39 Å². The van der Waals surface area contributed by atoms with Crippen molar-refractivity contribution >= 4 is 29.1 Å². The molecule has 0 bridgehead atoms. The minimum absolute atomic E-state index is 0.0211. The Hall–Kier alpha value is -2.74. The van der Waals surface area contributed by atoms with Crippen molar-refractivity contribution < 1.29 is 18.8 Å². The molecule has 2 N–H and O–H groups in total. The van der Waals surface area contributed by atoms with Crippen molar-refractivity contribution in [3.8, 4) is 10.4 Å². The molecule has 8 heteroatoms. The quantitative estimate of drug-likeness (QED) is 0.704. The first-order chi connectivity index (χ1) is 15.0. The summed E-state index contributed by atoms with van der Waals surface area (Å²) in [6.07, 6.45) is 6.50. The fourth-order valence-corrected chi connectivity index (χ4v) is 5.29. The molecule has 1 aromatic heterocycles. The third-order valence-electron chi connectivity index (χ3n) is 6.05. The van der Waals surface area contributed by atoms with Gasteiger partial charge < -0.3 is 4.90 Å². The molecule has 1 unspecified atom stereocenters. The van der Waals surface area contributed by atoms with Gasteiger partial charge in [-0.3, -0.25) is 25.2 Å². The topological polar surface area (TPSA) is 78.5 Å².